The number of ether oxygens (including phenoxy) is 3. The van der Waals surface area contributed by atoms with Gasteiger partial charge in [-0.2, -0.15) is 0 Å². The lowest BCUT2D eigenvalue weighted by Crippen LogP contribution is -2.35. The fraction of sp³-hybridized carbons (Fsp3) is 0.286. The predicted octanol–water partition coefficient (Wildman–Crippen LogP) is 2.32. The van der Waals surface area contributed by atoms with Gasteiger partial charge in [0.2, 0.25) is 5.91 Å². The summed E-state index contributed by atoms with van der Waals surface area (Å²) in [7, 11) is 1.57. The molecular formula is C21H24N2O6. The first-order valence-electron chi connectivity index (χ1n) is 9.14. The van der Waals surface area contributed by atoms with E-state index >= 15 is 0 Å². The minimum absolute atomic E-state index is 0.145. The van der Waals surface area contributed by atoms with Gasteiger partial charge in [0, 0.05) is 18.7 Å². The molecule has 154 valence electrons. The molecule has 0 aliphatic carbocycles. The molecular weight excluding hydrogens is 376 g/mol. The van der Waals surface area contributed by atoms with Crippen molar-refractivity contribution in [3.63, 3.8) is 0 Å². The normalized spacial score (nSPS) is 10.0. The van der Waals surface area contributed by atoms with E-state index in [9.17, 15) is 14.4 Å². The second kappa shape index (κ2) is 11.3. The third kappa shape index (κ3) is 7.53. The van der Waals surface area contributed by atoms with Crippen molar-refractivity contribution in [2.45, 2.75) is 13.3 Å². The third-order valence-corrected chi connectivity index (χ3v) is 3.81. The van der Waals surface area contributed by atoms with E-state index in [4.69, 9.17) is 9.47 Å². The van der Waals surface area contributed by atoms with Crippen LogP contribution >= 0.6 is 0 Å². The van der Waals surface area contributed by atoms with Crippen molar-refractivity contribution in [2.24, 2.45) is 0 Å². The van der Waals surface area contributed by atoms with Crippen LogP contribution < -0.4 is 20.1 Å². The molecule has 0 heterocycles. The summed E-state index contributed by atoms with van der Waals surface area (Å²) >= 11 is 0. The molecule has 0 atom stereocenters. The molecule has 8 nitrogen and oxygen atoms in total. The van der Waals surface area contributed by atoms with Crippen LogP contribution in [0.4, 0.5) is 4.79 Å². The smallest absolute Gasteiger partial charge is 0.497 e. The van der Waals surface area contributed by atoms with Crippen LogP contribution in [0.1, 0.15) is 22.8 Å². The van der Waals surface area contributed by atoms with Crippen molar-refractivity contribution < 1.29 is 28.6 Å². The lowest BCUT2D eigenvalue weighted by Gasteiger charge is -2.09. The highest BCUT2D eigenvalue weighted by Crippen LogP contribution is 2.13. The van der Waals surface area contributed by atoms with Gasteiger partial charge in [0.1, 0.15) is 11.5 Å². The molecule has 0 fully saturated rings. The fourth-order valence-corrected chi connectivity index (χ4v) is 2.43. The van der Waals surface area contributed by atoms with E-state index in [0.29, 0.717) is 17.9 Å². The number of benzene rings is 2. The lowest BCUT2D eigenvalue weighted by molar-refractivity contribution is -0.120. The van der Waals surface area contributed by atoms with E-state index < -0.39 is 6.16 Å². The number of rotatable bonds is 9. The highest BCUT2D eigenvalue weighted by Gasteiger charge is 2.09. The molecule has 0 aliphatic rings. The van der Waals surface area contributed by atoms with Gasteiger partial charge in [0.15, 0.2) is 0 Å². The number of amides is 2. The average molecular weight is 400 g/mol. The van der Waals surface area contributed by atoms with Crippen LogP contribution in [0.25, 0.3) is 0 Å². The zero-order valence-corrected chi connectivity index (χ0v) is 16.4. The lowest BCUT2D eigenvalue weighted by atomic mass is 10.1. The molecule has 2 aromatic rings. The molecule has 0 radical (unpaired) electrons. The molecule has 0 unspecified atom stereocenters. The Balaban J connectivity index is 1.71. The molecule has 0 aliphatic heterocycles. The largest absolute Gasteiger partial charge is 0.513 e. The second-order valence-corrected chi connectivity index (χ2v) is 5.94. The summed E-state index contributed by atoms with van der Waals surface area (Å²) in [4.78, 5) is 35.3. The summed E-state index contributed by atoms with van der Waals surface area (Å²) in [6, 6.07) is 13.4. The maximum atomic E-state index is 12.1. The first-order valence-corrected chi connectivity index (χ1v) is 9.14. The van der Waals surface area contributed by atoms with E-state index in [1.54, 1.807) is 20.1 Å². The maximum Gasteiger partial charge on any atom is 0.513 e. The average Bonchev–Trinajstić information content (AvgIpc) is 2.72. The predicted molar refractivity (Wildman–Crippen MR) is 106 cm³/mol. The molecule has 2 rings (SSSR count). The van der Waals surface area contributed by atoms with Crippen LogP contribution in [-0.4, -0.2) is 44.8 Å². The highest BCUT2D eigenvalue weighted by molar-refractivity contribution is 5.94. The topological polar surface area (TPSA) is 103 Å². The molecule has 2 N–H and O–H groups in total. The van der Waals surface area contributed by atoms with E-state index in [-0.39, 0.29) is 37.1 Å². The van der Waals surface area contributed by atoms with Gasteiger partial charge in [-0.25, -0.2) is 4.79 Å². The summed E-state index contributed by atoms with van der Waals surface area (Å²) in [5, 5.41) is 5.46. The number of carbonyl (C=O) groups is 3. The Morgan fingerprint density at radius 1 is 0.931 bits per heavy atom. The number of hydrogen-bond acceptors (Lipinski definition) is 6. The Kier molecular flexibility index (Phi) is 8.50. The van der Waals surface area contributed by atoms with Gasteiger partial charge < -0.3 is 24.8 Å². The second-order valence-electron chi connectivity index (χ2n) is 5.94. The van der Waals surface area contributed by atoms with Crippen molar-refractivity contribution in [1.82, 2.24) is 10.6 Å². The van der Waals surface area contributed by atoms with E-state index in [1.165, 1.54) is 24.3 Å². The highest BCUT2D eigenvalue weighted by atomic mass is 16.7. The summed E-state index contributed by atoms with van der Waals surface area (Å²) in [6.45, 7) is 2.48. The summed E-state index contributed by atoms with van der Waals surface area (Å²) < 4.78 is 14.7. The number of methoxy groups -OCH3 is 1. The molecule has 2 amide bonds. The van der Waals surface area contributed by atoms with Crippen LogP contribution in [0.2, 0.25) is 0 Å². The van der Waals surface area contributed by atoms with Crippen LogP contribution in [-0.2, 0) is 16.0 Å². The first-order chi connectivity index (χ1) is 14.0. The Labute approximate surface area is 169 Å². The number of carbonyl (C=O) groups excluding carboxylic acids is 3. The van der Waals surface area contributed by atoms with Gasteiger partial charge in [0.25, 0.3) is 5.91 Å². The molecule has 0 bridgehead atoms. The number of hydrogen-bond donors (Lipinski definition) is 2. The zero-order valence-electron chi connectivity index (χ0n) is 16.4. The van der Waals surface area contributed by atoms with Gasteiger partial charge in [-0.15, -0.1) is 0 Å². The van der Waals surface area contributed by atoms with Crippen molar-refractivity contribution in [2.75, 3.05) is 26.8 Å². The van der Waals surface area contributed by atoms with Gasteiger partial charge in [-0.1, -0.05) is 12.1 Å². The van der Waals surface area contributed by atoms with E-state index in [2.05, 4.69) is 15.4 Å². The third-order valence-electron chi connectivity index (χ3n) is 3.81. The Morgan fingerprint density at radius 2 is 1.66 bits per heavy atom. The first kappa shape index (κ1) is 21.7. The Hall–Kier alpha value is -3.55. The molecule has 8 heteroatoms. The molecule has 0 aromatic heterocycles. The van der Waals surface area contributed by atoms with Gasteiger partial charge in [0.05, 0.1) is 20.1 Å². The van der Waals surface area contributed by atoms with Crippen molar-refractivity contribution >= 4 is 18.0 Å². The Bertz CT molecular complexity index is 835. The quantitative estimate of drug-likeness (QED) is 0.380. The van der Waals surface area contributed by atoms with Crippen molar-refractivity contribution in [3.8, 4) is 11.5 Å². The standard InChI is InChI=1S/C21H24N2O6/c1-3-28-21(26)29-17-9-7-16(8-10-17)20(25)23-12-11-22-19(24)14-15-5-4-6-18(13-15)27-2/h4-10,13H,3,11-12,14H2,1-2H3,(H,22,24)(H,23,25). The van der Waals surface area contributed by atoms with Crippen LogP contribution in [0, 0.1) is 0 Å². The SMILES string of the molecule is CCOC(=O)Oc1ccc(C(=O)NCCNC(=O)Cc2cccc(OC)c2)cc1. The summed E-state index contributed by atoms with van der Waals surface area (Å²) in [5.74, 6) is 0.536. The minimum Gasteiger partial charge on any atom is -0.497 e. The summed E-state index contributed by atoms with van der Waals surface area (Å²) in [6.07, 6.45) is -0.568. The number of nitrogens with one attached hydrogen (secondary N) is 2. The molecule has 0 saturated carbocycles. The molecule has 0 saturated heterocycles. The van der Waals surface area contributed by atoms with Gasteiger partial charge in [-0.3, -0.25) is 9.59 Å². The minimum atomic E-state index is -0.797. The maximum absolute atomic E-state index is 12.1. The molecule has 29 heavy (non-hydrogen) atoms. The van der Waals surface area contributed by atoms with Crippen LogP contribution in [0.3, 0.4) is 0 Å². The van der Waals surface area contributed by atoms with Gasteiger partial charge >= 0.3 is 6.16 Å². The van der Waals surface area contributed by atoms with Crippen molar-refractivity contribution in [3.05, 3.63) is 59.7 Å². The zero-order chi connectivity index (χ0) is 21.1. The molecule has 2 aromatic carbocycles. The molecule has 0 spiro atoms. The fourth-order valence-electron chi connectivity index (χ4n) is 2.43. The van der Waals surface area contributed by atoms with Crippen molar-refractivity contribution in [1.29, 1.82) is 0 Å². The van der Waals surface area contributed by atoms with E-state index in [0.717, 1.165) is 5.56 Å². The Morgan fingerprint density at radius 3 is 2.34 bits per heavy atom. The monoisotopic (exact) mass is 400 g/mol. The van der Waals surface area contributed by atoms with Crippen LogP contribution in [0.5, 0.6) is 11.5 Å². The summed E-state index contributed by atoms with van der Waals surface area (Å²) in [5.41, 5.74) is 1.25. The van der Waals surface area contributed by atoms with Gasteiger partial charge in [-0.05, 0) is 48.9 Å². The van der Waals surface area contributed by atoms with E-state index in [1.807, 2.05) is 18.2 Å². The van der Waals surface area contributed by atoms with Crippen LogP contribution in [0.15, 0.2) is 48.5 Å².